The van der Waals surface area contributed by atoms with E-state index in [1.165, 1.54) is 32.1 Å². The normalized spacial score (nSPS) is 68.0. The van der Waals surface area contributed by atoms with Crippen molar-refractivity contribution in [2.75, 3.05) is 0 Å². The van der Waals surface area contributed by atoms with Crippen LogP contribution >= 0.6 is 0 Å². The zero-order valence-electron chi connectivity index (χ0n) is 13.5. The van der Waals surface area contributed by atoms with Crippen LogP contribution in [0.15, 0.2) is 0 Å². The fraction of sp³-hybridized carbons (Fsp3) is 1.00. The zero-order chi connectivity index (χ0) is 14.6. The highest BCUT2D eigenvalue weighted by atomic mass is 16.3. The summed E-state index contributed by atoms with van der Waals surface area (Å²) in [6.45, 7) is 4.94. The van der Waals surface area contributed by atoms with E-state index in [-0.39, 0.29) is 12.2 Å². The summed E-state index contributed by atoms with van der Waals surface area (Å²) in [6, 6.07) is 0. The van der Waals surface area contributed by atoms with Crippen molar-refractivity contribution in [3.8, 4) is 0 Å². The minimum Gasteiger partial charge on any atom is -0.393 e. The molecule has 5 aliphatic carbocycles. The van der Waals surface area contributed by atoms with E-state index < -0.39 is 0 Å². The Bertz CT molecular complexity index is 490. The quantitative estimate of drug-likeness (QED) is 0.718. The van der Waals surface area contributed by atoms with Gasteiger partial charge in [0.05, 0.1) is 12.2 Å². The van der Waals surface area contributed by atoms with Crippen LogP contribution in [0.4, 0.5) is 0 Å². The predicted octanol–water partition coefficient (Wildman–Crippen LogP) is 3.36. The Balaban J connectivity index is 1.55. The lowest BCUT2D eigenvalue weighted by molar-refractivity contribution is -0.145. The van der Waals surface area contributed by atoms with Gasteiger partial charge in [-0.2, -0.15) is 0 Å². The molecule has 0 bridgehead atoms. The van der Waals surface area contributed by atoms with Crippen molar-refractivity contribution in [3.63, 3.8) is 0 Å². The van der Waals surface area contributed by atoms with E-state index in [1.807, 2.05) is 0 Å². The summed E-state index contributed by atoms with van der Waals surface area (Å²) in [5.74, 6) is 2.98. The van der Waals surface area contributed by atoms with Crippen LogP contribution in [0, 0.1) is 39.9 Å². The van der Waals surface area contributed by atoms with Crippen molar-refractivity contribution >= 4 is 0 Å². The molecule has 118 valence electrons. The van der Waals surface area contributed by atoms with Gasteiger partial charge in [0, 0.05) is 5.41 Å². The lowest BCUT2D eigenvalue weighted by Crippen LogP contribution is -2.55. The number of aliphatic hydroxyl groups excluding tert-OH is 2. The number of rotatable bonds is 0. The molecule has 0 heterocycles. The van der Waals surface area contributed by atoms with Crippen molar-refractivity contribution < 1.29 is 10.2 Å². The Hall–Kier alpha value is -0.0800. The molecule has 21 heavy (non-hydrogen) atoms. The average molecular weight is 290 g/mol. The summed E-state index contributed by atoms with van der Waals surface area (Å²) in [5, 5.41) is 21.2. The molecule has 0 aromatic carbocycles. The SMILES string of the molecule is C[C@]12CC[C@H]3[C@@H](C[C@H](O)[C@]45C[C@H]4CC[C@]35C)[C@@H]1C[C@@H](O)C2. The maximum absolute atomic E-state index is 11.0. The molecule has 0 aliphatic heterocycles. The fourth-order valence-electron chi connectivity index (χ4n) is 8.33. The predicted molar refractivity (Wildman–Crippen MR) is 81.6 cm³/mol. The van der Waals surface area contributed by atoms with Gasteiger partial charge in [-0.1, -0.05) is 13.8 Å². The van der Waals surface area contributed by atoms with Crippen molar-refractivity contribution in [1.82, 2.24) is 0 Å². The summed E-state index contributed by atoms with van der Waals surface area (Å²) in [5.41, 5.74) is 1.05. The standard InChI is InChI=1S/C19H30O2/c1-17-5-4-14-13(15(17)7-12(20)10-17)8-16(21)19-9-11(19)3-6-18(14,19)2/h11-16,20-21H,3-10H2,1-2H3/t11-,12-,13-,14+,15+,16+,17-,18-,19+/m1/s1. The third kappa shape index (κ3) is 1.35. The molecule has 5 saturated carbocycles. The molecular formula is C19H30O2. The zero-order valence-corrected chi connectivity index (χ0v) is 13.5. The topological polar surface area (TPSA) is 40.5 Å². The first-order valence-electron chi connectivity index (χ1n) is 9.27. The molecule has 2 nitrogen and oxygen atoms in total. The van der Waals surface area contributed by atoms with E-state index in [9.17, 15) is 10.2 Å². The van der Waals surface area contributed by atoms with Gasteiger partial charge in [-0.05, 0) is 85.9 Å². The van der Waals surface area contributed by atoms with Gasteiger partial charge in [0.15, 0.2) is 0 Å². The first-order valence-corrected chi connectivity index (χ1v) is 9.27. The fourth-order valence-corrected chi connectivity index (χ4v) is 8.33. The van der Waals surface area contributed by atoms with Gasteiger partial charge in [0.1, 0.15) is 0 Å². The largest absolute Gasteiger partial charge is 0.393 e. The first kappa shape index (κ1) is 13.4. The van der Waals surface area contributed by atoms with Crippen LogP contribution in [0.3, 0.4) is 0 Å². The average Bonchev–Trinajstić information content (AvgIpc) is 2.97. The second-order valence-corrected chi connectivity index (χ2v) is 9.81. The number of hydrogen-bond acceptors (Lipinski definition) is 2. The molecule has 9 atom stereocenters. The molecule has 2 heteroatoms. The Morgan fingerprint density at radius 2 is 1.71 bits per heavy atom. The molecule has 0 saturated heterocycles. The van der Waals surface area contributed by atoms with Crippen LogP contribution in [0.25, 0.3) is 0 Å². The van der Waals surface area contributed by atoms with Crippen molar-refractivity contribution in [2.45, 2.75) is 77.4 Å². The second kappa shape index (κ2) is 3.70. The van der Waals surface area contributed by atoms with Crippen LogP contribution in [0.5, 0.6) is 0 Å². The smallest absolute Gasteiger partial charge is 0.0607 e. The van der Waals surface area contributed by atoms with E-state index in [2.05, 4.69) is 13.8 Å². The van der Waals surface area contributed by atoms with E-state index in [4.69, 9.17) is 0 Å². The lowest BCUT2D eigenvalue weighted by atomic mass is 9.46. The van der Waals surface area contributed by atoms with E-state index in [0.29, 0.717) is 28.1 Å². The number of hydrogen-bond donors (Lipinski definition) is 2. The highest BCUT2D eigenvalue weighted by molar-refractivity contribution is 5.25. The van der Waals surface area contributed by atoms with Crippen molar-refractivity contribution in [3.05, 3.63) is 0 Å². The van der Waals surface area contributed by atoms with Crippen molar-refractivity contribution in [2.24, 2.45) is 39.9 Å². The Morgan fingerprint density at radius 3 is 2.48 bits per heavy atom. The Labute approximate surface area is 128 Å². The van der Waals surface area contributed by atoms with Crippen LogP contribution < -0.4 is 0 Å². The lowest BCUT2D eigenvalue weighted by Gasteiger charge is -2.59. The molecule has 0 amide bonds. The molecule has 0 aromatic heterocycles. The molecule has 1 spiro atoms. The monoisotopic (exact) mass is 290 g/mol. The van der Waals surface area contributed by atoms with Crippen LogP contribution in [-0.4, -0.2) is 22.4 Å². The van der Waals surface area contributed by atoms with Gasteiger partial charge in [-0.3, -0.25) is 0 Å². The minimum absolute atomic E-state index is 0.0589. The van der Waals surface area contributed by atoms with Crippen LogP contribution in [0.2, 0.25) is 0 Å². The molecule has 5 aliphatic rings. The minimum atomic E-state index is -0.0863. The summed E-state index contributed by atoms with van der Waals surface area (Å²) in [7, 11) is 0. The molecule has 0 unspecified atom stereocenters. The van der Waals surface area contributed by atoms with E-state index in [0.717, 1.165) is 31.1 Å². The van der Waals surface area contributed by atoms with Gasteiger partial charge >= 0.3 is 0 Å². The second-order valence-electron chi connectivity index (χ2n) is 9.81. The molecule has 5 rings (SSSR count). The molecule has 2 N–H and O–H groups in total. The third-order valence-electron chi connectivity index (χ3n) is 9.32. The Morgan fingerprint density at radius 1 is 0.905 bits per heavy atom. The van der Waals surface area contributed by atoms with Crippen molar-refractivity contribution in [1.29, 1.82) is 0 Å². The van der Waals surface area contributed by atoms with E-state index >= 15 is 0 Å². The van der Waals surface area contributed by atoms with E-state index in [1.54, 1.807) is 0 Å². The maximum atomic E-state index is 11.0. The summed E-state index contributed by atoms with van der Waals surface area (Å²) >= 11 is 0. The van der Waals surface area contributed by atoms with Gasteiger partial charge < -0.3 is 10.2 Å². The van der Waals surface area contributed by atoms with Crippen LogP contribution in [-0.2, 0) is 0 Å². The first-order chi connectivity index (χ1) is 9.91. The van der Waals surface area contributed by atoms with Gasteiger partial charge in [-0.15, -0.1) is 0 Å². The summed E-state index contributed by atoms with van der Waals surface area (Å²) in [4.78, 5) is 0. The molecule has 0 radical (unpaired) electrons. The Kier molecular flexibility index (Phi) is 2.35. The van der Waals surface area contributed by atoms with Crippen LogP contribution in [0.1, 0.15) is 65.2 Å². The summed E-state index contributed by atoms with van der Waals surface area (Å²) in [6.07, 6.45) is 9.56. The van der Waals surface area contributed by atoms with Gasteiger partial charge in [0.25, 0.3) is 0 Å². The third-order valence-corrected chi connectivity index (χ3v) is 9.32. The van der Waals surface area contributed by atoms with Gasteiger partial charge in [0.2, 0.25) is 0 Å². The maximum Gasteiger partial charge on any atom is 0.0607 e. The van der Waals surface area contributed by atoms with Gasteiger partial charge in [-0.25, -0.2) is 0 Å². The molecule has 0 aromatic rings. The highest BCUT2D eigenvalue weighted by Gasteiger charge is 2.76. The number of aliphatic hydroxyl groups is 2. The molecule has 5 fully saturated rings. The number of fused-ring (bicyclic) bond motifs is 4. The highest BCUT2D eigenvalue weighted by Crippen LogP contribution is 2.81. The summed E-state index contributed by atoms with van der Waals surface area (Å²) < 4.78 is 0. The molecular weight excluding hydrogens is 260 g/mol.